The van der Waals surface area contributed by atoms with Crippen molar-refractivity contribution in [1.29, 1.82) is 0 Å². The van der Waals surface area contributed by atoms with Crippen LogP contribution >= 0.6 is 0 Å². The van der Waals surface area contributed by atoms with E-state index in [1.54, 1.807) is 13.2 Å². The largest absolute Gasteiger partial charge is 0.496 e. The van der Waals surface area contributed by atoms with Gasteiger partial charge in [-0.25, -0.2) is 0 Å². The van der Waals surface area contributed by atoms with Gasteiger partial charge in [0, 0.05) is 36.7 Å². The van der Waals surface area contributed by atoms with Gasteiger partial charge in [-0.3, -0.25) is 4.79 Å². The Labute approximate surface area is 138 Å². The predicted octanol–water partition coefficient (Wildman–Crippen LogP) is 3.43. The van der Waals surface area contributed by atoms with Gasteiger partial charge in [-0.15, -0.1) is 0 Å². The van der Waals surface area contributed by atoms with E-state index in [9.17, 15) is 4.79 Å². The summed E-state index contributed by atoms with van der Waals surface area (Å²) in [5, 5.41) is 0. The van der Waals surface area contributed by atoms with E-state index in [-0.39, 0.29) is 12.0 Å². The first-order valence-corrected chi connectivity index (χ1v) is 8.52. The van der Waals surface area contributed by atoms with Crippen LogP contribution in [-0.2, 0) is 11.2 Å². The van der Waals surface area contributed by atoms with Gasteiger partial charge in [-0.2, -0.15) is 0 Å². The third-order valence-electron chi connectivity index (χ3n) is 4.57. The topological polar surface area (TPSA) is 38.8 Å². The van der Waals surface area contributed by atoms with Gasteiger partial charge in [0.1, 0.15) is 17.6 Å². The molecule has 1 saturated heterocycles. The fraction of sp³-hybridized carbons (Fsp3) is 0.526. The number of hydrogen-bond donors (Lipinski definition) is 0. The summed E-state index contributed by atoms with van der Waals surface area (Å²) in [4.78, 5) is 14.3. The summed E-state index contributed by atoms with van der Waals surface area (Å²) in [5.74, 6) is 1.78. The van der Waals surface area contributed by atoms with E-state index >= 15 is 0 Å². The van der Waals surface area contributed by atoms with Crippen molar-refractivity contribution in [2.24, 2.45) is 0 Å². The van der Waals surface area contributed by atoms with Crippen LogP contribution in [0, 0.1) is 0 Å². The summed E-state index contributed by atoms with van der Waals surface area (Å²) >= 11 is 0. The maximum Gasteiger partial charge on any atom is 0.246 e. The number of fused-ring (bicyclic) bond motifs is 1. The quantitative estimate of drug-likeness (QED) is 0.802. The van der Waals surface area contributed by atoms with Crippen molar-refractivity contribution >= 4 is 12.0 Å². The van der Waals surface area contributed by atoms with Crippen molar-refractivity contribution in [3.05, 3.63) is 29.3 Å². The highest BCUT2D eigenvalue weighted by molar-refractivity contribution is 5.92. The predicted molar refractivity (Wildman–Crippen MR) is 90.9 cm³/mol. The van der Waals surface area contributed by atoms with Gasteiger partial charge in [-0.05, 0) is 38.0 Å². The van der Waals surface area contributed by atoms with Gasteiger partial charge < -0.3 is 14.4 Å². The maximum atomic E-state index is 12.4. The smallest absolute Gasteiger partial charge is 0.246 e. The standard InChI is InChI=1S/C19H25NO3/c1-14-11-16-13-17(22-2)15(12-18(16)23-14)7-8-19(21)20-9-5-3-4-6-10-20/h7-8,12-14H,3-6,9-11H2,1-2H3. The zero-order chi connectivity index (χ0) is 16.2. The molecule has 23 heavy (non-hydrogen) atoms. The lowest BCUT2D eigenvalue weighted by Crippen LogP contribution is -2.30. The normalized spacial score (nSPS) is 21.0. The molecular weight excluding hydrogens is 290 g/mol. The number of ether oxygens (including phenoxy) is 2. The van der Waals surface area contributed by atoms with Gasteiger partial charge in [0.2, 0.25) is 5.91 Å². The van der Waals surface area contributed by atoms with Gasteiger partial charge in [0.15, 0.2) is 0 Å². The second kappa shape index (κ2) is 7.07. The first-order valence-electron chi connectivity index (χ1n) is 8.52. The molecule has 3 rings (SSSR count). The first kappa shape index (κ1) is 15.9. The van der Waals surface area contributed by atoms with Crippen LogP contribution in [0.25, 0.3) is 6.08 Å². The second-order valence-corrected chi connectivity index (χ2v) is 6.41. The number of methoxy groups -OCH3 is 1. The van der Waals surface area contributed by atoms with Crippen molar-refractivity contribution in [2.75, 3.05) is 20.2 Å². The molecule has 2 aliphatic heterocycles. The average molecular weight is 315 g/mol. The van der Waals surface area contributed by atoms with Gasteiger partial charge in [0.25, 0.3) is 0 Å². The summed E-state index contributed by atoms with van der Waals surface area (Å²) in [5.41, 5.74) is 2.06. The van der Waals surface area contributed by atoms with Crippen LogP contribution < -0.4 is 9.47 Å². The monoisotopic (exact) mass is 315 g/mol. The van der Waals surface area contributed by atoms with E-state index in [4.69, 9.17) is 9.47 Å². The fourth-order valence-corrected chi connectivity index (χ4v) is 3.32. The molecule has 0 N–H and O–H groups in total. The van der Waals surface area contributed by atoms with Crippen LogP contribution in [0.1, 0.15) is 43.7 Å². The number of hydrogen-bond acceptors (Lipinski definition) is 3. The fourth-order valence-electron chi connectivity index (χ4n) is 3.32. The number of rotatable bonds is 3. The van der Waals surface area contributed by atoms with Crippen molar-refractivity contribution in [1.82, 2.24) is 4.90 Å². The number of likely N-dealkylation sites (tertiary alicyclic amines) is 1. The average Bonchev–Trinajstić information content (AvgIpc) is 2.75. The maximum absolute atomic E-state index is 12.4. The third-order valence-corrected chi connectivity index (χ3v) is 4.57. The zero-order valence-electron chi connectivity index (χ0n) is 14.0. The molecule has 1 aromatic carbocycles. The van der Waals surface area contributed by atoms with Crippen LogP contribution in [0.2, 0.25) is 0 Å². The van der Waals surface area contributed by atoms with E-state index in [2.05, 4.69) is 6.92 Å². The van der Waals surface area contributed by atoms with E-state index < -0.39 is 0 Å². The minimum atomic E-state index is 0.0868. The molecule has 0 saturated carbocycles. The Kier molecular flexibility index (Phi) is 4.89. The van der Waals surface area contributed by atoms with Crippen LogP contribution in [0.4, 0.5) is 0 Å². The Hall–Kier alpha value is -1.97. The Morgan fingerprint density at radius 2 is 2.00 bits per heavy atom. The molecule has 1 fully saturated rings. The molecule has 0 spiro atoms. The number of carbonyl (C=O) groups excluding carboxylic acids is 1. The molecule has 1 unspecified atom stereocenters. The van der Waals surface area contributed by atoms with Crippen molar-refractivity contribution in [3.8, 4) is 11.5 Å². The molecule has 0 aliphatic carbocycles. The first-order chi connectivity index (χ1) is 11.2. The van der Waals surface area contributed by atoms with Crippen LogP contribution in [-0.4, -0.2) is 37.1 Å². The van der Waals surface area contributed by atoms with Crippen LogP contribution in [0.5, 0.6) is 11.5 Å². The Morgan fingerprint density at radius 1 is 1.26 bits per heavy atom. The van der Waals surface area contributed by atoms with Crippen molar-refractivity contribution in [3.63, 3.8) is 0 Å². The molecule has 1 atom stereocenters. The lowest BCUT2D eigenvalue weighted by Gasteiger charge is -2.18. The molecule has 4 nitrogen and oxygen atoms in total. The van der Waals surface area contributed by atoms with Gasteiger partial charge in [-0.1, -0.05) is 12.8 Å². The summed E-state index contributed by atoms with van der Waals surface area (Å²) in [6.45, 7) is 3.79. The Balaban J connectivity index is 1.76. The number of benzene rings is 1. The summed E-state index contributed by atoms with van der Waals surface area (Å²) < 4.78 is 11.3. The molecule has 0 bridgehead atoms. The summed E-state index contributed by atoms with van der Waals surface area (Å²) in [7, 11) is 1.66. The lowest BCUT2D eigenvalue weighted by molar-refractivity contribution is -0.125. The minimum absolute atomic E-state index is 0.0868. The summed E-state index contributed by atoms with van der Waals surface area (Å²) in [6, 6.07) is 4.00. The van der Waals surface area contributed by atoms with Gasteiger partial charge in [0.05, 0.1) is 7.11 Å². The molecular formula is C19H25NO3. The van der Waals surface area contributed by atoms with E-state index in [1.165, 1.54) is 18.4 Å². The van der Waals surface area contributed by atoms with Gasteiger partial charge >= 0.3 is 0 Å². The van der Waals surface area contributed by atoms with E-state index in [0.717, 1.165) is 49.4 Å². The van der Waals surface area contributed by atoms with Crippen LogP contribution in [0.3, 0.4) is 0 Å². The van der Waals surface area contributed by atoms with Crippen molar-refractivity contribution < 1.29 is 14.3 Å². The summed E-state index contributed by atoms with van der Waals surface area (Å²) in [6.07, 6.45) is 9.27. The number of amides is 1. The SMILES string of the molecule is COc1cc2c(cc1C=CC(=O)N1CCCCCC1)OC(C)C2. The molecule has 0 aromatic heterocycles. The minimum Gasteiger partial charge on any atom is -0.496 e. The van der Waals surface area contributed by atoms with Crippen molar-refractivity contribution in [2.45, 2.75) is 45.1 Å². The van der Waals surface area contributed by atoms with E-state index in [0.29, 0.717) is 0 Å². The number of carbonyl (C=O) groups is 1. The molecule has 0 radical (unpaired) electrons. The molecule has 1 amide bonds. The Morgan fingerprint density at radius 3 is 2.70 bits per heavy atom. The lowest BCUT2D eigenvalue weighted by atomic mass is 10.1. The highest BCUT2D eigenvalue weighted by atomic mass is 16.5. The molecule has 1 aromatic rings. The second-order valence-electron chi connectivity index (χ2n) is 6.41. The molecule has 4 heteroatoms. The highest BCUT2D eigenvalue weighted by Crippen LogP contribution is 2.35. The zero-order valence-corrected chi connectivity index (χ0v) is 14.0. The van der Waals surface area contributed by atoms with Crippen LogP contribution in [0.15, 0.2) is 18.2 Å². The molecule has 124 valence electrons. The molecule has 2 aliphatic rings. The third kappa shape index (κ3) is 3.69. The highest BCUT2D eigenvalue weighted by Gasteiger charge is 2.21. The molecule has 2 heterocycles. The number of nitrogens with zero attached hydrogens (tertiary/aromatic N) is 1. The van der Waals surface area contributed by atoms with E-state index in [1.807, 2.05) is 23.1 Å². The Bertz CT molecular complexity index is 601.